The van der Waals surface area contributed by atoms with Gasteiger partial charge in [0.2, 0.25) is 6.41 Å². The van der Waals surface area contributed by atoms with E-state index in [9.17, 15) is 13.6 Å². The molecule has 4 rings (SSSR count). The maximum Gasteiger partial charge on any atom is 1.00 e. The van der Waals surface area contributed by atoms with Gasteiger partial charge in [0.15, 0.2) is 0 Å². The second-order valence-corrected chi connectivity index (χ2v) is 10.6. The number of methoxy groups -OCH3 is 1. The Labute approximate surface area is 339 Å². The summed E-state index contributed by atoms with van der Waals surface area (Å²) in [7, 11) is 3.03. The molecule has 7 nitrogen and oxygen atoms in total. The molecule has 2 atom stereocenters. The number of nitrogens with zero attached hydrogens (tertiary/aromatic N) is 1. The largest absolute Gasteiger partial charge is 1.00 e. The van der Waals surface area contributed by atoms with Gasteiger partial charge in [-0.05, 0) is 51.1 Å². The molecule has 3 aliphatic rings. The average molecular weight is 712 g/mol. The number of aromatic nitrogens is 1. The molecule has 1 aliphatic heterocycles. The number of allylic oxidation sites excluding steroid dienone is 8. The minimum Gasteiger partial charge on any atom is -0.507 e. The van der Waals surface area contributed by atoms with Crippen LogP contribution in [0.15, 0.2) is 52.3 Å². The van der Waals surface area contributed by atoms with E-state index in [4.69, 9.17) is 26.4 Å². The fourth-order valence-corrected chi connectivity index (χ4v) is 5.05. The van der Waals surface area contributed by atoms with Gasteiger partial charge in [-0.2, -0.15) is 18.1 Å². The van der Waals surface area contributed by atoms with E-state index in [1.54, 1.807) is 19.1 Å². The third-order valence-corrected chi connectivity index (χ3v) is 7.12. The second kappa shape index (κ2) is 29.7. The van der Waals surface area contributed by atoms with Crippen LogP contribution in [0, 0.1) is 18.9 Å². The number of carbonyl (C=O) groups excluding carboxylic acids is 1. The number of rotatable bonds is 9. The van der Waals surface area contributed by atoms with Crippen molar-refractivity contribution in [2.75, 3.05) is 27.3 Å². The molecular formula is C39H62F2KN4O3-. The molecule has 0 bridgehead atoms. The number of amides is 1. The number of ether oxygens (including phenoxy) is 2. The summed E-state index contributed by atoms with van der Waals surface area (Å²) in [6, 6.07) is 2.03. The van der Waals surface area contributed by atoms with Crippen LogP contribution in [-0.4, -0.2) is 50.8 Å². The molecule has 0 fully saturated rings. The van der Waals surface area contributed by atoms with Crippen molar-refractivity contribution in [3.63, 3.8) is 0 Å². The van der Waals surface area contributed by atoms with Crippen molar-refractivity contribution in [3.05, 3.63) is 82.8 Å². The summed E-state index contributed by atoms with van der Waals surface area (Å²) in [6.07, 6.45) is 7.71. The van der Waals surface area contributed by atoms with Crippen molar-refractivity contribution in [3.8, 4) is 5.75 Å². The first kappa shape index (κ1) is 51.4. The van der Waals surface area contributed by atoms with Crippen molar-refractivity contribution in [1.29, 1.82) is 5.41 Å². The molecule has 1 amide bonds. The summed E-state index contributed by atoms with van der Waals surface area (Å²) in [6.45, 7) is 27.9. The molecule has 10 heteroatoms. The van der Waals surface area contributed by atoms with Gasteiger partial charge in [-0.1, -0.05) is 73.5 Å². The Morgan fingerprint density at radius 2 is 1.80 bits per heavy atom. The maximum absolute atomic E-state index is 13.9. The average Bonchev–Trinajstić information content (AvgIpc) is 3.47. The van der Waals surface area contributed by atoms with Gasteiger partial charge in [0, 0.05) is 40.8 Å². The van der Waals surface area contributed by atoms with Gasteiger partial charge in [-0.25, -0.2) is 20.3 Å². The molecule has 2 unspecified atom stereocenters. The summed E-state index contributed by atoms with van der Waals surface area (Å²) in [5.74, 6) is 1.38. The van der Waals surface area contributed by atoms with E-state index in [2.05, 4.69) is 31.8 Å². The van der Waals surface area contributed by atoms with E-state index in [0.29, 0.717) is 59.9 Å². The Balaban J connectivity index is -0.000000840. The van der Waals surface area contributed by atoms with Gasteiger partial charge in [-0.3, -0.25) is 4.79 Å². The fraction of sp³-hybridized carbons (Fsp3) is 0.538. The van der Waals surface area contributed by atoms with Crippen LogP contribution in [0.5, 0.6) is 5.75 Å². The van der Waals surface area contributed by atoms with Crippen LogP contribution in [0.4, 0.5) is 8.78 Å². The number of carbonyl (C=O) groups is 1. The van der Waals surface area contributed by atoms with Crippen LogP contribution in [-0.2, 0) is 9.53 Å². The van der Waals surface area contributed by atoms with Crippen molar-refractivity contribution < 1.29 is 74.4 Å². The predicted octanol–water partition coefficient (Wildman–Crippen LogP) is 6.68. The quantitative estimate of drug-likeness (QED) is 0.150. The fourth-order valence-electron chi connectivity index (χ4n) is 5.05. The number of fused-ring (bicyclic) bond motifs is 1. The Bertz CT molecular complexity index is 1270. The van der Waals surface area contributed by atoms with Crippen molar-refractivity contribution in [1.82, 2.24) is 10.3 Å². The van der Waals surface area contributed by atoms with Gasteiger partial charge < -0.3 is 32.9 Å². The molecule has 2 heterocycles. The smallest absolute Gasteiger partial charge is 0.507 e. The summed E-state index contributed by atoms with van der Waals surface area (Å²) in [5.41, 5.74) is 9.91. The number of hydrogen-bond acceptors (Lipinski definition) is 6. The Hall–Kier alpha value is -1.95. The molecule has 0 aromatic carbocycles. The zero-order valence-corrected chi connectivity index (χ0v) is 35.5. The van der Waals surface area contributed by atoms with E-state index in [0.717, 1.165) is 42.5 Å². The molecule has 1 aromatic heterocycles. The van der Waals surface area contributed by atoms with Crippen LogP contribution in [0.3, 0.4) is 0 Å². The molecule has 272 valence electrons. The van der Waals surface area contributed by atoms with Gasteiger partial charge >= 0.3 is 51.4 Å². The van der Waals surface area contributed by atoms with E-state index >= 15 is 0 Å². The number of nitrogens with one attached hydrogen (secondary N) is 2. The van der Waals surface area contributed by atoms with Crippen molar-refractivity contribution in [2.45, 2.75) is 113 Å². The zero-order valence-electron chi connectivity index (χ0n) is 32.4. The number of hydrogen-bond donors (Lipinski definition) is 3. The summed E-state index contributed by atoms with van der Waals surface area (Å²) in [5, 5.41) is 10.2. The van der Waals surface area contributed by atoms with Crippen molar-refractivity contribution >= 4 is 17.7 Å². The third kappa shape index (κ3) is 16.3. The number of halogens is 2. The van der Waals surface area contributed by atoms with Gasteiger partial charge in [0.05, 0.1) is 19.5 Å². The Kier molecular flexibility index (Phi) is 31.2. The molecular weight excluding hydrogens is 650 g/mol. The maximum atomic E-state index is 13.9. The Morgan fingerprint density at radius 1 is 1.20 bits per heavy atom. The number of nitrogens with two attached hydrogens (primary N) is 1. The van der Waals surface area contributed by atoms with Gasteiger partial charge in [-0.15, -0.1) is 5.57 Å². The first-order valence-electron chi connectivity index (χ1n) is 17.1. The minimum atomic E-state index is -2.55. The minimum absolute atomic E-state index is 0. The van der Waals surface area contributed by atoms with Crippen LogP contribution < -0.4 is 67.2 Å². The number of pyridine rings is 1. The van der Waals surface area contributed by atoms with Crippen LogP contribution in [0.1, 0.15) is 123 Å². The van der Waals surface area contributed by atoms with Crippen LogP contribution in [0.2, 0.25) is 0 Å². The van der Waals surface area contributed by atoms with Gasteiger partial charge in [0.25, 0.3) is 6.43 Å². The molecule has 0 spiro atoms. The predicted molar refractivity (Wildman–Crippen MR) is 199 cm³/mol. The standard InChI is InChI=1S/C22H28F2N2O2.C9H10NO.C3H7.2C2H6.CH5N.K/c1-4-6-15(10-25-12-27)18-9-17-14(3)11-28-21(17)20(26-18)16-8-5-7-13(2)19(16)22(23)24;1-6-4-7(2)9(10)8(5-6)11-3;1-3-2;3*1-2;/h8-9,12,14-15,22H,4-7,10-11H2,1-3H3,(H,25,27);2,4-5,10H,1,3H3;1,3H2,2H3;2*1-2H3;2H2,1H3;/q;2*-1;;;;+1. The van der Waals surface area contributed by atoms with Crippen molar-refractivity contribution in [2.24, 2.45) is 5.73 Å². The molecule has 0 saturated carbocycles. The van der Waals surface area contributed by atoms with Crippen LogP contribution >= 0.6 is 0 Å². The van der Waals surface area contributed by atoms with E-state index in [-0.39, 0.29) is 74.5 Å². The molecule has 0 saturated heterocycles. The number of alkyl halides is 2. The third-order valence-electron chi connectivity index (χ3n) is 7.12. The first-order chi connectivity index (χ1) is 23.0. The van der Waals surface area contributed by atoms with Gasteiger partial charge in [0.1, 0.15) is 11.4 Å². The normalized spacial score (nSPS) is 16.1. The topological polar surface area (TPSA) is 110 Å². The van der Waals surface area contributed by atoms with E-state index in [1.807, 2.05) is 53.7 Å². The van der Waals surface area contributed by atoms with Crippen LogP contribution in [0.25, 0.3) is 5.57 Å². The molecule has 1 aromatic rings. The summed E-state index contributed by atoms with van der Waals surface area (Å²) < 4.78 is 38.6. The molecule has 2 aliphatic carbocycles. The molecule has 0 radical (unpaired) electrons. The SMILES string of the molecule is CC.CC.CCCC(CNC=O)c1cc2c(c(C3=CCCC(C)=C3C(F)F)n1)OCC2C.CN.[CH-]=C1C=C(C)C=C(OC)C1=N.[CH2-]CC.[K+]. The zero-order chi connectivity index (χ0) is 37.4. The Morgan fingerprint density at radius 3 is 2.31 bits per heavy atom. The summed E-state index contributed by atoms with van der Waals surface area (Å²) >= 11 is 0. The molecule has 49 heavy (non-hydrogen) atoms. The van der Waals surface area contributed by atoms with E-state index < -0.39 is 6.43 Å². The monoisotopic (exact) mass is 711 g/mol. The molecule has 4 N–H and O–H groups in total. The van der Waals surface area contributed by atoms with E-state index in [1.165, 1.54) is 14.2 Å². The first-order valence-corrected chi connectivity index (χ1v) is 17.1. The second-order valence-electron chi connectivity index (χ2n) is 10.6. The summed E-state index contributed by atoms with van der Waals surface area (Å²) in [4.78, 5) is 15.6.